The molecule has 7 heteroatoms. The number of carbonyl (C=O) groups excluding carboxylic acids is 1. The zero-order valence-electron chi connectivity index (χ0n) is 17.4. The molecule has 2 aromatic rings. The molecule has 162 valence electrons. The quantitative estimate of drug-likeness (QED) is 0.741. The molecule has 1 amide bonds. The maximum Gasteiger partial charge on any atom is 0.416 e. The van der Waals surface area contributed by atoms with Crippen LogP contribution in [0.1, 0.15) is 36.0 Å². The van der Waals surface area contributed by atoms with Crippen molar-refractivity contribution in [1.82, 2.24) is 5.32 Å². The molecule has 0 saturated carbocycles. The number of carbonyl (C=O) groups is 1. The summed E-state index contributed by atoms with van der Waals surface area (Å²) in [5, 5.41) is 2.99. The van der Waals surface area contributed by atoms with Crippen molar-refractivity contribution in [3.05, 3.63) is 59.2 Å². The van der Waals surface area contributed by atoms with E-state index in [9.17, 15) is 18.0 Å². The highest BCUT2D eigenvalue weighted by Crippen LogP contribution is 2.44. The normalized spacial score (nSPS) is 19.4. The Kier molecular flexibility index (Phi) is 6.71. The summed E-state index contributed by atoms with van der Waals surface area (Å²) in [6.07, 6.45) is -3.79. The fraction of sp³-hybridized carbons (Fsp3) is 0.435. The average Bonchev–Trinajstić information content (AvgIpc) is 2.85. The van der Waals surface area contributed by atoms with Crippen molar-refractivity contribution in [3.8, 4) is 5.75 Å². The highest BCUT2D eigenvalue weighted by molar-refractivity contribution is 5.97. The van der Waals surface area contributed by atoms with Crippen molar-refractivity contribution < 1.29 is 22.7 Å². The lowest BCUT2D eigenvalue weighted by Crippen LogP contribution is -2.40. The number of halogens is 3. The van der Waals surface area contributed by atoms with E-state index in [1.807, 2.05) is 19.1 Å². The minimum atomic E-state index is -4.49. The number of ether oxygens (including phenoxy) is 1. The summed E-state index contributed by atoms with van der Waals surface area (Å²) in [7, 11) is 3.32. The predicted molar refractivity (Wildman–Crippen MR) is 111 cm³/mol. The van der Waals surface area contributed by atoms with Gasteiger partial charge in [0.25, 0.3) is 0 Å². The molecular formula is C23H27F3N2O2. The molecule has 0 aromatic heterocycles. The lowest BCUT2D eigenvalue weighted by atomic mass is 9.79. The summed E-state index contributed by atoms with van der Waals surface area (Å²) in [5.74, 6) is -0.232. The Labute approximate surface area is 175 Å². The number of hydrogen-bond acceptors (Lipinski definition) is 3. The summed E-state index contributed by atoms with van der Waals surface area (Å²) in [5.41, 5.74) is 0.720. The van der Waals surface area contributed by atoms with Crippen LogP contribution in [0.3, 0.4) is 0 Å². The molecule has 0 unspecified atom stereocenters. The van der Waals surface area contributed by atoms with Crippen LogP contribution in [-0.4, -0.2) is 33.2 Å². The Morgan fingerprint density at radius 2 is 1.87 bits per heavy atom. The number of methoxy groups -OCH3 is 1. The van der Waals surface area contributed by atoms with Gasteiger partial charge in [-0.05, 0) is 61.2 Å². The number of anilines is 1. The van der Waals surface area contributed by atoms with Gasteiger partial charge in [0.1, 0.15) is 5.75 Å². The summed E-state index contributed by atoms with van der Waals surface area (Å²) < 4.78 is 46.8. The van der Waals surface area contributed by atoms with Crippen molar-refractivity contribution in [2.24, 2.45) is 5.92 Å². The maximum atomic E-state index is 13.9. The van der Waals surface area contributed by atoms with E-state index in [4.69, 9.17) is 4.74 Å². The molecule has 4 nitrogen and oxygen atoms in total. The van der Waals surface area contributed by atoms with E-state index in [0.717, 1.165) is 11.6 Å². The van der Waals surface area contributed by atoms with Gasteiger partial charge in [0, 0.05) is 24.7 Å². The summed E-state index contributed by atoms with van der Waals surface area (Å²) in [4.78, 5) is 15.0. The maximum absolute atomic E-state index is 13.9. The number of rotatable bonds is 6. The first-order chi connectivity index (χ1) is 14.3. The van der Waals surface area contributed by atoms with E-state index in [1.54, 1.807) is 32.4 Å². The van der Waals surface area contributed by atoms with Crippen LogP contribution >= 0.6 is 0 Å². The van der Waals surface area contributed by atoms with E-state index in [1.165, 1.54) is 11.0 Å². The number of likely N-dealkylation sites (N-methyl/N-ethyl adjacent to an activating group) is 1. The van der Waals surface area contributed by atoms with Gasteiger partial charge in [-0.1, -0.05) is 25.1 Å². The van der Waals surface area contributed by atoms with Gasteiger partial charge in [0.2, 0.25) is 5.91 Å². The number of amides is 1. The third kappa shape index (κ3) is 4.31. The number of nitrogens with one attached hydrogen (secondary N) is 1. The molecule has 0 radical (unpaired) electrons. The molecule has 0 bridgehead atoms. The first-order valence-electron chi connectivity index (χ1n) is 10.1. The molecule has 0 aliphatic carbocycles. The van der Waals surface area contributed by atoms with Gasteiger partial charge in [-0.2, -0.15) is 13.2 Å². The number of benzene rings is 2. The topological polar surface area (TPSA) is 41.6 Å². The first kappa shape index (κ1) is 22.2. The molecule has 0 spiro atoms. The Balaban J connectivity index is 2.17. The monoisotopic (exact) mass is 420 g/mol. The third-order valence-corrected chi connectivity index (χ3v) is 5.81. The van der Waals surface area contributed by atoms with Gasteiger partial charge < -0.3 is 15.0 Å². The lowest BCUT2D eigenvalue weighted by Gasteiger charge is -2.28. The first-order valence-corrected chi connectivity index (χ1v) is 10.1. The molecule has 1 aliphatic heterocycles. The highest BCUT2D eigenvalue weighted by atomic mass is 19.4. The molecule has 3 rings (SSSR count). The van der Waals surface area contributed by atoms with E-state index < -0.39 is 17.7 Å². The molecule has 1 heterocycles. The molecule has 1 aliphatic rings. The fourth-order valence-corrected chi connectivity index (χ4v) is 4.28. The summed E-state index contributed by atoms with van der Waals surface area (Å²) >= 11 is 0. The van der Waals surface area contributed by atoms with Crippen LogP contribution in [0.15, 0.2) is 42.5 Å². The van der Waals surface area contributed by atoms with E-state index in [-0.39, 0.29) is 23.8 Å². The van der Waals surface area contributed by atoms with Gasteiger partial charge in [0.15, 0.2) is 0 Å². The van der Waals surface area contributed by atoms with Crippen molar-refractivity contribution >= 4 is 11.6 Å². The lowest BCUT2D eigenvalue weighted by molar-refractivity contribution is -0.138. The largest absolute Gasteiger partial charge is 0.497 e. The summed E-state index contributed by atoms with van der Waals surface area (Å²) in [6, 6.07) is 11.4. The molecular weight excluding hydrogens is 393 g/mol. The molecule has 30 heavy (non-hydrogen) atoms. The van der Waals surface area contributed by atoms with Crippen LogP contribution in [0.4, 0.5) is 18.9 Å². The second-order valence-electron chi connectivity index (χ2n) is 7.49. The highest BCUT2D eigenvalue weighted by Gasteiger charge is 2.41. The Bertz CT molecular complexity index is 881. The molecule has 2 aromatic carbocycles. The average molecular weight is 420 g/mol. The smallest absolute Gasteiger partial charge is 0.416 e. The zero-order chi connectivity index (χ0) is 21.9. The van der Waals surface area contributed by atoms with Crippen LogP contribution in [0.25, 0.3) is 0 Å². The van der Waals surface area contributed by atoms with E-state index in [2.05, 4.69) is 5.32 Å². The Hall–Kier alpha value is -2.54. The van der Waals surface area contributed by atoms with Gasteiger partial charge in [0.05, 0.1) is 12.7 Å². The molecule has 1 N–H and O–H groups in total. The summed E-state index contributed by atoms with van der Waals surface area (Å²) in [6.45, 7) is 2.72. The van der Waals surface area contributed by atoms with Crippen LogP contribution in [0.2, 0.25) is 0 Å². The van der Waals surface area contributed by atoms with Gasteiger partial charge in [-0.3, -0.25) is 4.79 Å². The SMILES string of the molecule is CC[C@@H]1C(=O)N(CCNC)c2cccc(C(F)(F)F)c2C[C@@H]1c1ccc(OC)cc1. The Morgan fingerprint density at radius 3 is 2.43 bits per heavy atom. The van der Waals surface area contributed by atoms with Gasteiger partial charge >= 0.3 is 6.18 Å². The van der Waals surface area contributed by atoms with Crippen LogP contribution in [-0.2, 0) is 17.4 Å². The standard InChI is InChI=1S/C23H27F3N2O2/c1-4-17-18(15-8-10-16(30-3)11-9-15)14-19-20(23(24,25)26)6-5-7-21(19)28(22(17)29)13-12-27-2/h5-11,17-18,27H,4,12-14H2,1-3H3/t17-,18+/m0/s1. The van der Waals surface area contributed by atoms with E-state index >= 15 is 0 Å². The van der Waals surface area contributed by atoms with Crippen LogP contribution in [0.5, 0.6) is 5.75 Å². The zero-order valence-corrected chi connectivity index (χ0v) is 17.4. The van der Waals surface area contributed by atoms with Crippen molar-refractivity contribution in [2.45, 2.75) is 31.9 Å². The number of nitrogens with zero attached hydrogens (tertiary/aromatic N) is 1. The van der Waals surface area contributed by atoms with Gasteiger partial charge in [-0.25, -0.2) is 0 Å². The number of alkyl halides is 3. The van der Waals surface area contributed by atoms with Crippen molar-refractivity contribution in [2.75, 3.05) is 32.1 Å². The number of fused-ring (bicyclic) bond motifs is 1. The number of hydrogen-bond donors (Lipinski definition) is 1. The second-order valence-corrected chi connectivity index (χ2v) is 7.49. The Morgan fingerprint density at radius 1 is 1.17 bits per heavy atom. The minimum absolute atomic E-state index is 0.133. The predicted octanol–water partition coefficient (Wildman–Crippen LogP) is 4.63. The van der Waals surface area contributed by atoms with Gasteiger partial charge in [-0.15, -0.1) is 0 Å². The van der Waals surface area contributed by atoms with Crippen LogP contribution < -0.4 is 15.0 Å². The van der Waals surface area contributed by atoms with E-state index in [0.29, 0.717) is 30.9 Å². The van der Waals surface area contributed by atoms with Crippen molar-refractivity contribution in [1.29, 1.82) is 0 Å². The van der Waals surface area contributed by atoms with Crippen LogP contribution in [0, 0.1) is 5.92 Å². The minimum Gasteiger partial charge on any atom is -0.497 e. The molecule has 0 fully saturated rings. The molecule has 0 saturated heterocycles. The van der Waals surface area contributed by atoms with Crippen molar-refractivity contribution in [3.63, 3.8) is 0 Å². The third-order valence-electron chi connectivity index (χ3n) is 5.81. The second kappa shape index (κ2) is 9.08. The fourth-order valence-electron chi connectivity index (χ4n) is 4.28. The molecule has 2 atom stereocenters.